The number of aryl methyl sites for hydroxylation is 4. The van der Waals surface area contributed by atoms with Gasteiger partial charge in [0.2, 0.25) is 5.91 Å². The van der Waals surface area contributed by atoms with Gasteiger partial charge in [-0.2, -0.15) is 13.2 Å². The summed E-state index contributed by atoms with van der Waals surface area (Å²) in [4.78, 5) is 41.8. The van der Waals surface area contributed by atoms with E-state index in [1.54, 1.807) is 6.07 Å². The standard InChI is InChI=1S/C40H49F4N3O4/c1-24-17-25(2)37-27(18-24)11-8-6-5-7-9-13-34(47-23-28(12-10-16-46(3)4)32(21-35(47)48)40(42,43)44)39(51)45-33(22-36(49)50)31-20-29(37)19-30(38(31)41)26-14-15-26/h17-21,23,26,33-34H,5-16,22H2,1-4H3,(H,45,51)(H,49,50)/t33-,34-/m0/s1. The zero-order valence-electron chi connectivity index (χ0n) is 30.0. The second-order valence-corrected chi connectivity index (χ2v) is 14.7. The van der Waals surface area contributed by atoms with Crippen molar-refractivity contribution in [3.8, 4) is 11.1 Å². The number of aromatic nitrogens is 1. The van der Waals surface area contributed by atoms with Crippen molar-refractivity contribution in [2.75, 3.05) is 20.6 Å². The first-order chi connectivity index (χ1) is 24.1. The Labute approximate surface area is 297 Å². The van der Waals surface area contributed by atoms with Crippen molar-refractivity contribution in [1.82, 2.24) is 14.8 Å². The van der Waals surface area contributed by atoms with Crippen molar-refractivity contribution >= 4 is 11.9 Å². The molecule has 1 saturated carbocycles. The number of benzene rings is 2. The number of carboxylic acids is 1. The normalized spacial score (nSPS) is 19.1. The Kier molecular flexibility index (Phi) is 12.1. The summed E-state index contributed by atoms with van der Waals surface area (Å²) in [5.74, 6) is -2.58. The zero-order valence-corrected chi connectivity index (χ0v) is 30.0. The largest absolute Gasteiger partial charge is 0.481 e. The van der Waals surface area contributed by atoms with Crippen LogP contribution in [0.3, 0.4) is 0 Å². The third kappa shape index (κ3) is 9.47. The molecule has 2 N–H and O–H groups in total. The van der Waals surface area contributed by atoms with Crippen molar-refractivity contribution in [3.05, 3.63) is 91.6 Å². The van der Waals surface area contributed by atoms with Gasteiger partial charge in [-0.3, -0.25) is 14.4 Å². The quantitative estimate of drug-likeness (QED) is 0.229. The molecule has 1 amide bonds. The lowest BCUT2D eigenvalue weighted by Crippen LogP contribution is -2.40. The Hall–Kier alpha value is -3.99. The van der Waals surface area contributed by atoms with Gasteiger partial charge in [-0.25, -0.2) is 4.39 Å². The Balaban J connectivity index is 1.63. The predicted molar refractivity (Wildman–Crippen MR) is 189 cm³/mol. The van der Waals surface area contributed by atoms with Gasteiger partial charge in [-0.15, -0.1) is 0 Å². The topological polar surface area (TPSA) is 91.6 Å². The van der Waals surface area contributed by atoms with Crippen molar-refractivity contribution in [2.24, 2.45) is 0 Å². The van der Waals surface area contributed by atoms with Crippen LogP contribution in [0.2, 0.25) is 0 Å². The zero-order chi connectivity index (χ0) is 37.0. The number of carbonyl (C=O) groups is 2. The van der Waals surface area contributed by atoms with E-state index in [0.29, 0.717) is 31.0 Å². The molecule has 2 aliphatic rings. The van der Waals surface area contributed by atoms with Gasteiger partial charge < -0.3 is 19.9 Å². The highest BCUT2D eigenvalue weighted by Crippen LogP contribution is 2.45. The summed E-state index contributed by atoms with van der Waals surface area (Å²) in [6.07, 6.45) is 2.64. The Morgan fingerprint density at radius 3 is 2.31 bits per heavy atom. The molecule has 0 saturated heterocycles. The van der Waals surface area contributed by atoms with Gasteiger partial charge in [0, 0.05) is 17.8 Å². The number of nitrogens with zero attached hydrogens (tertiary/aromatic N) is 2. The van der Waals surface area contributed by atoms with E-state index >= 15 is 4.39 Å². The highest BCUT2D eigenvalue weighted by molar-refractivity contribution is 5.82. The number of fused-ring (bicyclic) bond motifs is 4. The maximum Gasteiger partial charge on any atom is 0.416 e. The van der Waals surface area contributed by atoms with E-state index in [-0.39, 0.29) is 29.9 Å². The molecule has 2 atom stereocenters. The van der Waals surface area contributed by atoms with Gasteiger partial charge in [0.05, 0.1) is 18.0 Å². The Morgan fingerprint density at radius 1 is 0.961 bits per heavy atom. The van der Waals surface area contributed by atoms with Gasteiger partial charge in [0.25, 0.3) is 5.56 Å². The first kappa shape index (κ1) is 38.2. The molecule has 1 aromatic heterocycles. The van der Waals surface area contributed by atoms with E-state index in [1.807, 2.05) is 38.9 Å². The maximum absolute atomic E-state index is 16.5. The molecule has 1 fully saturated rings. The number of amides is 1. The summed E-state index contributed by atoms with van der Waals surface area (Å²) in [5.41, 5.74) is 3.44. The van der Waals surface area contributed by atoms with E-state index in [9.17, 15) is 32.7 Å². The molecule has 2 bridgehead atoms. The molecule has 5 rings (SSSR count). The molecule has 1 aliphatic carbocycles. The van der Waals surface area contributed by atoms with Crippen molar-refractivity contribution < 1.29 is 32.3 Å². The number of aliphatic carboxylic acids is 1. The molecule has 3 aromatic rings. The van der Waals surface area contributed by atoms with Gasteiger partial charge in [-0.1, -0.05) is 43.4 Å². The summed E-state index contributed by atoms with van der Waals surface area (Å²) < 4.78 is 59.9. The van der Waals surface area contributed by atoms with Crippen LogP contribution in [-0.2, 0) is 28.6 Å². The number of hydrogen-bond donors (Lipinski definition) is 2. The van der Waals surface area contributed by atoms with Crippen LogP contribution in [0.15, 0.2) is 41.3 Å². The molecule has 0 spiro atoms. The fraction of sp³-hybridized carbons (Fsp3) is 0.525. The van der Waals surface area contributed by atoms with Crippen molar-refractivity contribution in [3.63, 3.8) is 0 Å². The Bertz CT molecular complexity index is 1810. The number of carbonyl (C=O) groups excluding carboxylic acids is 1. The minimum Gasteiger partial charge on any atom is -0.481 e. The molecule has 51 heavy (non-hydrogen) atoms. The first-order valence-corrected chi connectivity index (χ1v) is 18.1. The maximum atomic E-state index is 16.5. The summed E-state index contributed by atoms with van der Waals surface area (Å²) in [6, 6.07) is 5.78. The van der Waals surface area contributed by atoms with Crippen LogP contribution in [0, 0.1) is 19.7 Å². The molecule has 11 heteroatoms. The molecule has 2 aromatic carbocycles. The van der Waals surface area contributed by atoms with Crippen LogP contribution in [0.25, 0.3) is 11.1 Å². The summed E-state index contributed by atoms with van der Waals surface area (Å²) >= 11 is 0. The Morgan fingerprint density at radius 2 is 1.65 bits per heavy atom. The SMILES string of the molecule is Cc1cc(C)c2c(c1)CCCCCCC[C@H](n1cc(CCCN(C)C)c(C(F)(F)F)cc1=O)C(=O)N[C@@H](CC(=O)O)c1cc-2cc(C2CC2)c1F. The van der Waals surface area contributed by atoms with E-state index in [1.165, 1.54) is 0 Å². The minimum absolute atomic E-state index is 0.0194. The van der Waals surface area contributed by atoms with Crippen LogP contribution >= 0.6 is 0 Å². The average molecular weight is 712 g/mol. The van der Waals surface area contributed by atoms with Gasteiger partial charge in [0.15, 0.2) is 0 Å². The fourth-order valence-electron chi connectivity index (χ4n) is 7.57. The van der Waals surface area contributed by atoms with Crippen LogP contribution in [0.1, 0.15) is 121 Å². The minimum atomic E-state index is -4.77. The molecular formula is C40H49F4N3O4. The predicted octanol–water partition coefficient (Wildman–Crippen LogP) is 8.43. The van der Waals surface area contributed by atoms with E-state index < -0.39 is 53.5 Å². The van der Waals surface area contributed by atoms with E-state index in [0.717, 1.165) is 83.5 Å². The number of nitrogens with one attached hydrogen (secondary N) is 1. The number of hydrogen-bond acceptors (Lipinski definition) is 4. The lowest BCUT2D eigenvalue weighted by molar-refractivity contribution is -0.139. The molecule has 1 aliphatic heterocycles. The molecule has 276 valence electrons. The van der Waals surface area contributed by atoms with Crippen LogP contribution < -0.4 is 10.9 Å². The fourth-order valence-corrected chi connectivity index (χ4v) is 7.57. The monoisotopic (exact) mass is 711 g/mol. The second kappa shape index (κ2) is 16.1. The number of halogens is 4. The third-order valence-corrected chi connectivity index (χ3v) is 10.1. The lowest BCUT2D eigenvalue weighted by Gasteiger charge is -2.27. The van der Waals surface area contributed by atoms with Gasteiger partial charge in [0.1, 0.15) is 11.9 Å². The molecular weight excluding hydrogens is 662 g/mol. The van der Waals surface area contributed by atoms with Crippen LogP contribution in [-0.4, -0.2) is 47.1 Å². The second-order valence-electron chi connectivity index (χ2n) is 14.7. The average Bonchev–Trinajstić information content (AvgIpc) is 3.87. The number of pyridine rings is 1. The van der Waals surface area contributed by atoms with Crippen LogP contribution in [0.4, 0.5) is 17.6 Å². The summed E-state index contributed by atoms with van der Waals surface area (Å²) in [6.45, 7) is 4.58. The van der Waals surface area contributed by atoms with E-state index in [4.69, 9.17) is 0 Å². The van der Waals surface area contributed by atoms with Crippen molar-refractivity contribution in [2.45, 2.75) is 115 Å². The number of rotatable bonds is 8. The first-order valence-electron chi connectivity index (χ1n) is 18.1. The third-order valence-electron chi connectivity index (χ3n) is 10.1. The number of alkyl halides is 3. The molecule has 2 heterocycles. The molecule has 0 radical (unpaired) electrons. The summed E-state index contributed by atoms with van der Waals surface area (Å²) in [7, 11) is 3.63. The molecule has 7 nitrogen and oxygen atoms in total. The highest BCUT2D eigenvalue weighted by atomic mass is 19.4. The number of carboxylic acid groups (broad SMARTS) is 1. The van der Waals surface area contributed by atoms with Crippen molar-refractivity contribution in [1.29, 1.82) is 0 Å². The van der Waals surface area contributed by atoms with E-state index in [2.05, 4.69) is 17.4 Å². The molecule has 0 unspecified atom stereocenters. The van der Waals surface area contributed by atoms with Gasteiger partial charge in [-0.05, 0) is 131 Å². The van der Waals surface area contributed by atoms with Crippen LogP contribution in [0.5, 0.6) is 0 Å². The lowest BCUT2D eigenvalue weighted by atomic mass is 9.86. The van der Waals surface area contributed by atoms with Gasteiger partial charge >= 0.3 is 12.1 Å². The smallest absolute Gasteiger partial charge is 0.416 e. The summed E-state index contributed by atoms with van der Waals surface area (Å²) in [5, 5.41) is 12.8. The highest BCUT2D eigenvalue weighted by Gasteiger charge is 2.36.